The highest BCUT2D eigenvalue weighted by atomic mass is 16.5. The van der Waals surface area contributed by atoms with E-state index in [0.717, 1.165) is 17.3 Å². The number of carbonyl (C=O) groups excluding carboxylic acids is 1. The van der Waals surface area contributed by atoms with Gasteiger partial charge in [-0.1, -0.05) is 19.1 Å². The van der Waals surface area contributed by atoms with E-state index in [1.54, 1.807) is 0 Å². The standard InChI is InChI=1S/C13H17N3O2/c1-2-8-18-9-7-12(17)14-13-10-5-3-4-6-11(10)15-16-13/h3-6H,2,7-9H2,1H3,(H2,14,15,16,17). The van der Waals surface area contributed by atoms with E-state index in [1.807, 2.05) is 31.2 Å². The molecule has 1 aromatic carbocycles. The van der Waals surface area contributed by atoms with Crippen LogP contribution in [-0.2, 0) is 9.53 Å². The van der Waals surface area contributed by atoms with E-state index in [4.69, 9.17) is 4.74 Å². The first-order valence-electron chi connectivity index (χ1n) is 6.12. The summed E-state index contributed by atoms with van der Waals surface area (Å²) in [5.74, 6) is 0.495. The van der Waals surface area contributed by atoms with E-state index in [0.29, 0.717) is 25.5 Å². The van der Waals surface area contributed by atoms with Crippen molar-refractivity contribution in [3.8, 4) is 0 Å². The summed E-state index contributed by atoms with van der Waals surface area (Å²) in [6.45, 7) is 3.18. The van der Waals surface area contributed by atoms with Crippen molar-refractivity contribution < 1.29 is 9.53 Å². The summed E-state index contributed by atoms with van der Waals surface area (Å²) >= 11 is 0. The second kappa shape index (κ2) is 6.16. The summed E-state index contributed by atoms with van der Waals surface area (Å²) in [4.78, 5) is 11.7. The van der Waals surface area contributed by atoms with Crippen molar-refractivity contribution in [2.75, 3.05) is 18.5 Å². The molecule has 0 aliphatic rings. The number of anilines is 1. The maximum absolute atomic E-state index is 11.7. The zero-order valence-corrected chi connectivity index (χ0v) is 10.4. The van der Waals surface area contributed by atoms with Gasteiger partial charge >= 0.3 is 0 Å². The number of H-pyrrole nitrogens is 1. The Bertz CT molecular complexity index is 522. The van der Waals surface area contributed by atoms with Crippen molar-refractivity contribution in [2.45, 2.75) is 19.8 Å². The van der Waals surface area contributed by atoms with Crippen molar-refractivity contribution >= 4 is 22.6 Å². The number of carbonyl (C=O) groups is 1. The van der Waals surface area contributed by atoms with Crippen LogP contribution in [0.4, 0.5) is 5.82 Å². The minimum Gasteiger partial charge on any atom is -0.381 e. The van der Waals surface area contributed by atoms with Gasteiger partial charge in [-0.15, -0.1) is 0 Å². The number of amides is 1. The molecule has 2 N–H and O–H groups in total. The van der Waals surface area contributed by atoms with Gasteiger partial charge in [0, 0.05) is 12.0 Å². The highest BCUT2D eigenvalue weighted by Gasteiger charge is 2.08. The molecule has 0 radical (unpaired) electrons. The number of rotatable bonds is 6. The second-order valence-electron chi connectivity index (χ2n) is 4.03. The van der Waals surface area contributed by atoms with Gasteiger partial charge in [0.05, 0.1) is 18.5 Å². The Morgan fingerprint density at radius 1 is 1.39 bits per heavy atom. The first-order chi connectivity index (χ1) is 8.81. The molecule has 0 saturated carbocycles. The Labute approximate surface area is 106 Å². The number of aromatic amines is 1. The Balaban J connectivity index is 1.91. The number of nitrogens with one attached hydrogen (secondary N) is 2. The first-order valence-corrected chi connectivity index (χ1v) is 6.12. The topological polar surface area (TPSA) is 67.0 Å². The third-order valence-corrected chi connectivity index (χ3v) is 2.55. The summed E-state index contributed by atoms with van der Waals surface area (Å²) < 4.78 is 5.27. The molecule has 18 heavy (non-hydrogen) atoms. The molecule has 1 amide bonds. The molecule has 0 bridgehead atoms. The molecule has 0 fully saturated rings. The van der Waals surface area contributed by atoms with E-state index in [1.165, 1.54) is 0 Å². The van der Waals surface area contributed by atoms with E-state index in [-0.39, 0.29) is 5.91 Å². The van der Waals surface area contributed by atoms with Gasteiger partial charge in [0.15, 0.2) is 5.82 Å². The first kappa shape index (κ1) is 12.6. The van der Waals surface area contributed by atoms with Gasteiger partial charge in [0.2, 0.25) is 5.91 Å². The van der Waals surface area contributed by atoms with Crippen LogP contribution in [0, 0.1) is 0 Å². The smallest absolute Gasteiger partial charge is 0.227 e. The fourth-order valence-corrected chi connectivity index (χ4v) is 1.66. The van der Waals surface area contributed by atoms with E-state index >= 15 is 0 Å². The van der Waals surface area contributed by atoms with Crippen molar-refractivity contribution in [1.82, 2.24) is 10.2 Å². The maximum Gasteiger partial charge on any atom is 0.227 e. The van der Waals surface area contributed by atoms with Crippen molar-refractivity contribution in [2.24, 2.45) is 0 Å². The van der Waals surface area contributed by atoms with E-state index in [9.17, 15) is 4.79 Å². The average molecular weight is 247 g/mol. The quantitative estimate of drug-likeness (QED) is 0.770. The number of fused-ring (bicyclic) bond motifs is 1. The lowest BCUT2D eigenvalue weighted by molar-refractivity contribution is -0.117. The summed E-state index contributed by atoms with van der Waals surface area (Å²) in [6, 6.07) is 7.67. The number of hydrogen-bond acceptors (Lipinski definition) is 3. The minimum atomic E-state index is -0.0802. The van der Waals surface area contributed by atoms with Gasteiger partial charge in [-0.05, 0) is 18.6 Å². The molecule has 5 nitrogen and oxygen atoms in total. The van der Waals surface area contributed by atoms with Crippen molar-refractivity contribution in [3.63, 3.8) is 0 Å². The molecule has 2 aromatic rings. The van der Waals surface area contributed by atoms with Crippen molar-refractivity contribution in [1.29, 1.82) is 0 Å². The van der Waals surface area contributed by atoms with Crippen molar-refractivity contribution in [3.05, 3.63) is 24.3 Å². The average Bonchev–Trinajstić information content (AvgIpc) is 2.78. The zero-order valence-electron chi connectivity index (χ0n) is 10.4. The monoisotopic (exact) mass is 247 g/mol. The lowest BCUT2D eigenvalue weighted by Crippen LogP contribution is -2.14. The summed E-state index contributed by atoms with van der Waals surface area (Å²) in [7, 11) is 0. The molecule has 0 aliphatic carbocycles. The van der Waals surface area contributed by atoms with Crippen LogP contribution in [0.25, 0.3) is 10.9 Å². The van der Waals surface area contributed by atoms with Gasteiger partial charge in [0.1, 0.15) is 0 Å². The molecule has 1 aromatic heterocycles. The molecule has 0 aliphatic heterocycles. The zero-order chi connectivity index (χ0) is 12.8. The molecule has 1 heterocycles. The number of para-hydroxylation sites is 1. The number of benzene rings is 1. The van der Waals surface area contributed by atoms with Crippen LogP contribution >= 0.6 is 0 Å². The molecule has 96 valence electrons. The van der Waals surface area contributed by atoms with Crippen LogP contribution < -0.4 is 5.32 Å². The van der Waals surface area contributed by atoms with Crippen LogP contribution in [0.5, 0.6) is 0 Å². The number of aromatic nitrogens is 2. The fraction of sp³-hybridized carbons (Fsp3) is 0.385. The summed E-state index contributed by atoms with van der Waals surface area (Å²) in [5.41, 5.74) is 0.912. The number of nitrogens with zero attached hydrogens (tertiary/aromatic N) is 1. The Morgan fingerprint density at radius 3 is 3.06 bits per heavy atom. The van der Waals surface area contributed by atoms with Gasteiger partial charge < -0.3 is 10.1 Å². The predicted octanol–water partition coefficient (Wildman–Crippen LogP) is 2.32. The molecular formula is C13H17N3O2. The Morgan fingerprint density at radius 2 is 2.22 bits per heavy atom. The predicted molar refractivity (Wildman–Crippen MR) is 70.5 cm³/mol. The second-order valence-corrected chi connectivity index (χ2v) is 4.03. The molecule has 0 saturated heterocycles. The van der Waals surface area contributed by atoms with Gasteiger partial charge in [0.25, 0.3) is 0 Å². The van der Waals surface area contributed by atoms with Crippen LogP contribution in [0.15, 0.2) is 24.3 Å². The molecule has 0 spiro atoms. The van der Waals surface area contributed by atoms with Crippen LogP contribution in [0.3, 0.4) is 0 Å². The van der Waals surface area contributed by atoms with Crippen LogP contribution in [-0.4, -0.2) is 29.3 Å². The maximum atomic E-state index is 11.7. The normalized spacial score (nSPS) is 10.7. The third-order valence-electron chi connectivity index (χ3n) is 2.55. The highest BCUT2D eigenvalue weighted by molar-refractivity contribution is 5.99. The van der Waals surface area contributed by atoms with Gasteiger partial charge in [-0.2, -0.15) is 5.10 Å². The Kier molecular flexibility index (Phi) is 4.30. The van der Waals surface area contributed by atoms with Crippen LogP contribution in [0.1, 0.15) is 19.8 Å². The van der Waals surface area contributed by atoms with E-state index < -0.39 is 0 Å². The lowest BCUT2D eigenvalue weighted by Gasteiger charge is -2.03. The summed E-state index contributed by atoms with van der Waals surface area (Å²) in [6.07, 6.45) is 1.31. The minimum absolute atomic E-state index is 0.0802. The fourth-order valence-electron chi connectivity index (χ4n) is 1.66. The van der Waals surface area contributed by atoms with E-state index in [2.05, 4.69) is 15.5 Å². The molecule has 0 unspecified atom stereocenters. The largest absolute Gasteiger partial charge is 0.381 e. The highest BCUT2D eigenvalue weighted by Crippen LogP contribution is 2.19. The molecule has 2 rings (SSSR count). The summed E-state index contributed by atoms with van der Waals surface area (Å²) in [5, 5.41) is 10.7. The molecule has 0 atom stereocenters. The van der Waals surface area contributed by atoms with Gasteiger partial charge in [-0.25, -0.2) is 0 Å². The lowest BCUT2D eigenvalue weighted by atomic mass is 10.2. The number of ether oxygens (including phenoxy) is 1. The van der Waals surface area contributed by atoms with Gasteiger partial charge in [-0.3, -0.25) is 9.89 Å². The Hall–Kier alpha value is -1.88. The van der Waals surface area contributed by atoms with Crippen LogP contribution in [0.2, 0.25) is 0 Å². The number of hydrogen-bond donors (Lipinski definition) is 2. The molecular weight excluding hydrogens is 230 g/mol. The molecule has 5 heteroatoms. The SMILES string of the molecule is CCCOCCC(=O)Nc1n[nH]c2ccccc12. The third kappa shape index (κ3) is 3.07.